The Hall–Kier alpha value is -4.23. The summed E-state index contributed by atoms with van der Waals surface area (Å²) >= 11 is 0. The molecule has 1 N–H and O–H groups in total. The van der Waals surface area contributed by atoms with Gasteiger partial charge < -0.3 is 19.5 Å². The van der Waals surface area contributed by atoms with Gasteiger partial charge in [-0.3, -0.25) is 4.99 Å². The van der Waals surface area contributed by atoms with Gasteiger partial charge in [0, 0.05) is 31.5 Å². The van der Waals surface area contributed by atoms with Gasteiger partial charge in [-0.15, -0.1) is 0 Å². The van der Waals surface area contributed by atoms with E-state index in [9.17, 15) is 0 Å². The summed E-state index contributed by atoms with van der Waals surface area (Å²) in [5.41, 5.74) is 7.93. The number of ether oxygens (including phenoxy) is 1. The summed E-state index contributed by atoms with van der Waals surface area (Å²) in [4.78, 5) is 17.4. The van der Waals surface area contributed by atoms with Crippen LogP contribution in [0.5, 0.6) is 5.88 Å². The summed E-state index contributed by atoms with van der Waals surface area (Å²) in [6, 6.07) is 25.4. The highest BCUT2D eigenvalue weighted by Crippen LogP contribution is 2.32. The van der Waals surface area contributed by atoms with E-state index >= 15 is 0 Å². The molecule has 7 heteroatoms. The van der Waals surface area contributed by atoms with E-state index in [2.05, 4.69) is 95.1 Å². The number of anilines is 2. The van der Waals surface area contributed by atoms with Crippen LogP contribution in [-0.2, 0) is 0 Å². The average Bonchev–Trinajstić information content (AvgIpc) is 2.98. The van der Waals surface area contributed by atoms with Crippen molar-refractivity contribution in [3.05, 3.63) is 89.9 Å². The van der Waals surface area contributed by atoms with Crippen LogP contribution < -0.4 is 15.4 Å². The van der Waals surface area contributed by atoms with Crippen molar-refractivity contribution in [1.29, 1.82) is 0 Å². The lowest BCUT2D eigenvalue weighted by Gasteiger charge is -2.31. The van der Waals surface area contributed by atoms with E-state index in [1.807, 2.05) is 18.2 Å². The number of nitrogens with one attached hydrogen (secondary N) is 1. The van der Waals surface area contributed by atoms with Gasteiger partial charge in [-0.2, -0.15) is 0 Å². The number of hydrogen-bond donors (Lipinski definition) is 1. The van der Waals surface area contributed by atoms with Gasteiger partial charge in [0.25, 0.3) is 0 Å². The quantitative estimate of drug-likeness (QED) is 0.233. The van der Waals surface area contributed by atoms with E-state index < -0.39 is 0 Å². The monoisotopic (exact) mass is 546 g/mol. The van der Waals surface area contributed by atoms with Crippen molar-refractivity contribution in [1.82, 2.24) is 19.4 Å². The minimum atomic E-state index is 0.258. The minimum Gasteiger partial charge on any atom is -0.480 e. The number of benzene rings is 3. The van der Waals surface area contributed by atoms with Crippen LogP contribution in [0.1, 0.15) is 32.3 Å². The maximum atomic E-state index is 5.55. The number of nitrogens with zero attached hydrogens (tertiary/aromatic N) is 5. The van der Waals surface area contributed by atoms with Gasteiger partial charge in [-0.1, -0.05) is 43.7 Å². The highest BCUT2D eigenvalue weighted by Gasteiger charge is 2.21. The lowest BCUT2D eigenvalue weighted by molar-refractivity contribution is 0.192. The maximum absolute atomic E-state index is 5.55. The molecule has 1 saturated heterocycles. The van der Waals surface area contributed by atoms with Crippen LogP contribution in [0, 0.1) is 12.8 Å². The van der Waals surface area contributed by atoms with Crippen LogP contribution in [0.25, 0.3) is 28.1 Å². The third kappa shape index (κ3) is 5.81. The molecule has 210 valence electrons. The molecule has 1 aliphatic carbocycles. The minimum absolute atomic E-state index is 0.258. The Labute approximate surface area is 241 Å². The number of fused-ring (bicyclic) bond motifs is 2. The SMILES string of the molecule is COc1ncccc1Nc1cc2nc3ccccc3n(-c3ccc(C)cc3)c-2cc1=NC1CCN(CC(C)C)CC1. The molecular formula is C34H38N6O. The maximum Gasteiger partial charge on any atom is 0.237 e. The van der Waals surface area contributed by atoms with E-state index in [1.165, 1.54) is 5.56 Å². The number of para-hydroxylation sites is 2. The highest BCUT2D eigenvalue weighted by molar-refractivity contribution is 5.84. The molecule has 3 aromatic rings. The highest BCUT2D eigenvalue weighted by atomic mass is 16.5. The third-order valence-electron chi connectivity index (χ3n) is 7.73. The second-order valence-corrected chi connectivity index (χ2v) is 11.4. The molecule has 0 atom stereocenters. The van der Waals surface area contributed by atoms with Crippen LogP contribution in [0.4, 0.5) is 11.4 Å². The standard InChI is InChI=1S/C34H38N6O/c1-23(2)22-39-18-15-25(16-19-39)36-30-21-33-31(20-29(30)38-28-9-7-17-35-34(28)41-4)37-27-8-5-6-10-32(27)40(33)26-13-11-24(3)12-14-26/h5-14,17,20-21,23,25,38H,15-16,18-19,22H2,1-4H3. The first-order valence-electron chi connectivity index (χ1n) is 14.5. The topological polar surface area (TPSA) is 67.6 Å². The number of rotatable bonds is 7. The van der Waals surface area contributed by atoms with Crippen LogP contribution >= 0.6 is 0 Å². The molecule has 1 fully saturated rings. The number of methoxy groups -OCH3 is 1. The smallest absolute Gasteiger partial charge is 0.237 e. The molecule has 0 spiro atoms. The van der Waals surface area contributed by atoms with Gasteiger partial charge in [0.1, 0.15) is 5.69 Å². The van der Waals surface area contributed by atoms with Crippen molar-refractivity contribution in [3.63, 3.8) is 0 Å². The number of hydrogen-bond acceptors (Lipinski definition) is 6. The van der Waals surface area contributed by atoms with E-state index in [0.29, 0.717) is 11.8 Å². The lowest BCUT2D eigenvalue weighted by Crippen LogP contribution is -2.38. The van der Waals surface area contributed by atoms with Gasteiger partial charge in [0.2, 0.25) is 5.88 Å². The second-order valence-electron chi connectivity index (χ2n) is 11.4. The van der Waals surface area contributed by atoms with Crippen molar-refractivity contribution in [2.75, 3.05) is 32.1 Å². The average molecular weight is 547 g/mol. The number of aromatic nitrogens is 3. The fourth-order valence-corrected chi connectivity index (χ4v) is 5.76. The molecule has 0 unspecified atom stereocenters. The number of piperidine rings is 1. The predicted octanol–water partition coefficient (Wildman–Crippen LogP) is 6.61. The van der Waals surface area contributed by atoms with Crippen molar-refractivity contribution >= 4 is 22.4 Å². The molecule has 0 saturated carbocycles. The number of pyridine rings is 1. The zero-order valence-corrected chi connectivity index (χ0v) is 24.3. The fourth-order valence-electron chi connectivity index (χ4n) is 5.76. The van der Waals surface area contributed by atoms with Gasteiger partial charge in [0.05, 0.1) is 46.6 Å². The molecular weight excluding hydrogens is 508 g/mol. The van der Waals surface area contributed by atoms with Crippen LogP contribution in [0.15, 0.2) is 84.0 Å². The normalized spacial score (nSPS) is 15.2. The summed E-state index contributed by atoms with van der Waals surface area (Å²) in [7, 11) is 1.64. The molecule has 2 aromatic carbocycles. The first-order chi connectivity index (χ1) is 20.0. The third-order valence-corrected chi connectivity index (χ3v) is 7.73. The Morgan fingerprint density at radius 2 is 1.76 bits per heavy atom. The molecule has 1 aromatic heterocycles. The van der Waals surface area contributed by atoms with E-state index in [0.717, 1.165) is 77.3 Å². The molecule has 0 bridgehead atoms. The van der Waals surface area contributed by atoms with E-state index in [1.54, 1.807) is 13.3 Å². The van der Waals surface area contributed by atoms with Gasteiger partial charge >= 0.3 is 0 Å². The molecule has 3 heterocycles. The number of aryl methyl sites for hydroxylation is 1. The summed E-state index contributed by atoms with van der Waals surface area (Å²) in [6.07, 6.45) is 3.83. The van der Waals surface area contributed by atoms with Crippen LogP contribution in [-0.4, -0.2) is 52.2 Å². The molecule has 0 radical (unpaired) electrons. The van der Waals surface area contributed by atoms with Crippen molar-refractivity contribution in [3.8, 4) is 23.0 Å². The molecule has 41 heavy (non-hydrogen) atoms. The van der Waals surface area contributed by atoms with E-state index in [-0.39, 0.29) is 6.04 Å². The zero-order valence-electron chi connectivity index (χ0n) is 24.3. The molecule has 0 amide bonds. The Bertz CT molecular complexity index is 1680. The van der Waals surface area contributed by atoms with Gasteiger partial charge in [0.15, 0.2) is 0 Å². The Morgan fingerprint density at radius 1 is 0.976 bits per heavy atom. The first kappa shape index (κ1) is 27.0. The largest absolute Gasteiger partial charge is 0.480 e. The summed E-state index contributed by atoms with van der Waals surface area (Å²) in [5, 5.41) is 4.50. The Balaban J connectivity index is 1.53. The van der Waals surface area contributed by atoms with Crippen molar-refractivity contribution < 1.29 is 4.74 Å². The summed E-state index contributed by atoms with van der Waals surface area (Å²) in [6.45, 7) is 9.99. The Morgan fingerprint density at radius 3 is 2.51 bits per heavy atom. The molecule has 3 aliphatic rings. The predicted molar refractivity (Wildman–Crippen MR) is 166 cm³/mol. The Kier molecular flexibility index (Phi) is 7.70. The second kappa shape index (κ2) is 11.7. The summed E-state index contributed by atoms with van der Waals surface area (Å²) < 4.78 is 7.85. The zero-order chi connectivity index (χ0) is 28.3. The van der Waals surface area contributed by atoms with E-state index in [4.69, 9.17) is 14.7 Å². The van der Waals surface area contributed by atoms with Crippen LogP contribution in [0.3, 0.4) is 0 Å². The fraction of sp³-hybridized carbons (Fsp3) is 0.324. The van der Waals surface area contributed by atoms with Gasteiger partial charge in [-0.25, -0.2) is 9.97 Å². The molecule has 7 nitrogen and oxygen atoms in total. The molecule has 6 rings (SSSR count). The lowest BCUT2D eigenvalue weighted by atomic mass is 10.0. The molecule has 2 aliphatic heterocycles. The first-order valence-corrected chi connectivity index (χ1v) is 14.5. The summed E-state index contributed by atoms with van der Waals surface area (Å²) in [5.74, 6) is 1.22. The van der Waals surface area contributed by atoms with Crippen molar-refractivity contribution in [2.24, 2.45) is 10.9 Å². The van der Waals surface area contributed by atoms with Gasteiger partial charge in [-0.05, 0) is 74.2 Å². The number of likely N-dealkylation sites (tertiary alicyclic amines) is 1. The van der Waals surface area contributed by atoms with Crippen molar-refractivity contribution in [2.45, 2.75) is 39.7 Å². The van der Waals surface area contributed by atoms with Crippen LogP contribution in [0.2, 0.25) is 0 Å².